The number of furan rings is 1. The van der Waals surface area contributed by atoms with Crippen LogP contribution >= 0.6 is 0 Å². The van der Waals surface area contributed by atoms with E-state index in [4.69, 9.17) is 13.9 Å². The fraction of sp³-hybridized carbons (Fsp3) is 0.174. The van der Waals surface area contributed by atoms with Gasteiger partial charge in [-0.3, -0.25) is 4.79 Å². The van der Waals surface area contributed by atoms with Gasteiger partial charge in [-0.15, -0.1) is 0 Å². The first-order valence-corrected chi connectivity index (χ1v) is 9.67. The molecule has 0 atom stereocenters. The van der Waals surface area contributed by atoms with Crippen molar-refractivity contribution in [1.29, 1.82) is 0 Å². The molecular weight excluding hydrogens is 400 g/mol. The maximum Gasteiger partial charge on any atom is 0.340 e. The lowest BCUT2D eigenvalue weighted by molar-refractivity contribution is -0.119. The number of amides is 1. The molecule has 1 aromatic heterocycles. The predicted molar refractivity (Wildman–Crippen MR) is 114 cm³/mol. The molecule has 0 spiro atoms. The highest BCUT2D eigenvalue weighted by Gasteiger charge is 2.17. The maximum atomic E-state index is 12.5. The number of carbonyl (C=O) groups is 3. The fourth-order valence-corrected chi connectivity index (χ4v) is 2.78. The Morgan fingerprint density at radius 2 is 1.48 bits per heavy atom. The van der Waals surface area contributed by atoms with Gasteiger partial charge in [0.05, 0.1) is 36.2 Å². The third-order valence-electron chi connectivity index (χ3n) is 4.21. The Balaban J connectivity index is 1.59. The number of carbonyl (C=O) groups excluding carboxylic acids is 3. The number of benzene rings is 2. The van der Waals surface area contributed by atoms with Crippen LogP contribution in [0.15, 0.2) is 71.3 Å². The summed E-state index contributed by atoms with van der Waals surface area (Å²) in [6.45, 7) is 1.79. The highest BCUT2D eigenvalue weighted by atomic mass is 16.5. The number of rotatable bonds is 9. The maximum absolute atomic E-state index is 12.5. The molecule has 8 heteroatoms. The second-order valence-electron chi connectivity index (χ2n) is 6.37. The Bertz CT molecular complexity index is 1050. The first kappa shape index (κ1) is 21.6. The number of para-hydroxylation sites is 2. The van der Waals surface area contributed by atoms with Crippen LogP contribution in [0.4, 0.5) is 11.4 Å². The van der Waals surface area contributed by atoms with Crippen LogP contribution in [-0.2, 0) is 20.8 Å². The standard InChI is InChI=1S/C23H22N2O6/c1-2-29-22(27)18-10-4-6-12-20(18)25-21(26)15-31-23(28)17-9-3-5-11-19(17)24-14-16-8-7-13-30-16/h3-13,24H,2,14-15H2,1H3,(H,25,26). The van der Waals surface area contributed by atoms with Gasteiger partial charge in [0, 0.05) is 5.69 Å². The first-order chi connectivity index (χ1) is 15.1. The number of nitrogens with one attached hydrogen (secondary N) is 2. The van der Waals surface area contributed by atoms with Crippen LogP contribution in [0.5, 0.6) is 0 Å². The van der Waals surface area contributed by atoms with Crippen LogP contribution in [0.1, 0.15) is 33.4 Å². The van der Waals surface area contributed by atoms with E-state index < -0.39 is 24.5 Å². The topological polar surface area (TPSA) is 107 Å². The molecule has 1 amide bonds. The SMILES string of the molecule is CCOC(=O)c1ccccc1NC(=O)COC(=O)c1ccccc1NCc1ccco1. The molecule has 0 bridgehead atoms. The zero-order valence-electron chi connectivity index (χ0n) is 16.9. The van der Waals surface area contributed by atoms with E-state index in [1.165, 1.54) is 0 Å². The molecule has 0 radical (unpaired) electrons. The molecule has 0 aliphatic carbocycles. The van der Waals surface area contributed by atoms with Crippen molar-refractivity contribution >= 4 is 29.2 Å². The second kappa shape index (κ2) is 10.6. The molecule has 0 aliphatic heterocycles. The van der Waals surface area contributed by atoms with Gasteiger partial charge in [-0.25, -0.2) is 9.59 Å². The van der Waals surface area contributed by atoms with Crippen molar-refractivity contribution in [1.82, 2.24) is 0 Å². The van der Waals surface area contributed by atoms with Gasteiger partial charge in [0.2, 0.25) is 0 Å². The third kappa shape index (κ3) is 5.96. The van der Waals surface area contributed by atoms with Crippen LogP contribution in [0.3, 0.4) is 0 Å². The molecule has 0 aliphatic rings. The highest BCUT2D eigenvalue weighted by molar-refractivity contribution is 6.02. The average Bonchev–Trinajstić information content (AvgIpc) is 3.30. The molecule has 0 unspecified atom stereocenters. The Morgan fingerprint density at radius 3 is 2.16 bits per heavy atom. The molecule has 8 nitrogen and oxygen atoms in total. The number of esters is 2. The lowest BCUT2D eigenvalue weighted by atomic mass is 10.1. The summed E-state index contributed by atoms with van der Waals surface area (Å²) in [4.78, 5) is 36.8. The quantitative estimate of drug-likeness (QED) is 0.504. The minimum Gasteiger partial charge on any atom is -0.467 e. The molecule has 2 aromatic carbocycles. The Labute approximate surface area is 179 Å². The predicted octanol–water partition coefficient (Wildman–Crippen LogP) is 3.86. The molecule has 3 aromatic rings. The molecule has 0 saturated heterocycles. The molecule has 1 heterocycles. The van der Waals surface area contributed by atoms with E-state index in [-0.39, 0.29) is 23.4 Å². The molecule has 160 valence electrons. The van der Waals surface area contributed by atoms with Crippen molar-refractivity contribution < 1.29 is 28.3 Å². The normalized spacial score (nSPS) is 10.2. The summed E-state index contributed by atoms with van der Waals surface area (Å²) in [7, 11) is 0. The van der Waals surface area contributed by atoms with Crippen LogP contribution in [0.25, 0.3) is 0 Å². The van der Waals surface area contributed by atoms with Crippen molar-refractivity contribution in [2.45, 2.75) is 13.5 Å². The second-order valence-corrected chi connectivity index (χ2v) is 6.37. The van der Waals surface area contributed by atoms with Gasteiger partial charge in [0.15, 0.2) is 6.61 Å². The molecule has 3 rings (SSSR count). The Morgan fingerprint density at radius 1 is 0.839 bits per heavy atom. The lowest BCUT2D eigenvalue weighted by Crippen LogP contribution is -2.22. The van der Waals surface area contributed by atoms with Gasteiger partial charge in [-0.1, -0.05) is 24.3 Å². The van der Waals surface area contributed by atoms with E-state index in [1.54, 1.807) is 67.8 Å². The van der Waals surface area contributed by atoms with E-state index in [9.17, 15) is 14.4 Å². The lowest BCUT2D eigenvalue weighted by Gasteiger charge is -2.12. The van der Waals surface area contributed by atoms with E-state index in [1.807, 2.05) is 6.07 Å². The highest BCUT2D eigenvalue weighted by Crippen LogP contribution is 2.19. The number of ether oxygens (including phenoxy) is 2. The van der Waals surface area contributed by atoms with Gasteiger partial charge in [-0.05, 0) is 43.3 Å². The molecule has 2 N–H and O–H groups in total. The van der Waals surface area contributed by atoms with E-state index >= 15 is 0 Å². The number of anilines is 2. The Hall–Kier alpha value is -4.07. The minimum absolute atomic E-state index is 0.214. The zero-order valence-corrected chi connectivity index (χ0v) is 16.9. The fourth-order valence-electron chi connectivity index (χ4n) is 2.78. The average molecular weight is 422 g/mol. The van der Waals surface area contributed by atoms with Crippen molar-refractivity contribution in [3.05, 3.63) is 83.8 Å². The minimum atomic E-state index is -0.656. The van der Waals surface area contributed by atoms with Gasteiger partial charge >= 0.3 is 11.9 Å². The third-order valence-corrected chi connectivity index (χ3v) is 4.21. The van der Waals surface area contributed by atoms with Crippen LogP contribution < -0.4 is 10.6 Å². The van der Waals surface area contributed by atoms with Crippen molar-refractivity contribution in [3.63, 3.8) is 0 Å². The van der Waals surface area contributed by atoms with Crippen LogP contribution in [0, 0.1) is 0 Å². The van der Waals surface area contributed by atoms with E-state index in [2.05, 4.69) is 10.6 Å². The van der Waals surface area contributed by atoms with Gasteiger partial charge in [0.25, 0.3) is 5.91 Å². The van der Waals surface area contributed by atoms with E-state index in [0.29, 0.717) is 18.0 Å². The zero-order chi connectivity index (χ0) is 22.1. The molecule has 31 heavy (non-hydrogen) atoms. The number of hydrogen-bond donors (Lipinski definition) is 2. The first-order valence-electron chi connectivity index (χ1n) is 9.67. The molecule has 0 saturated carbocycles. The summed E-state index contributed by atoms with van der Waals surface area (Å²) < 4.78 is 15.4. The largest absolute Gasteiger partial charge is 0.467 e. The summed E-state index contributed by atoms with van der Waals surface area (Å²) in [5.41, 5.74) is 1.34. The van der Waals surface area contributed by atoms with Crippen LogP contribution in [0.2, 0.25) is 0 Å². The summed E-state index contributed by atoms with van der Waals surface area (Å²) in [6.07, 6.45) is 1.57. The van der Waals surface area contributed by atoms with Gasteiger partial charge in [0.1, 0.15) is 5.76 Å². The van der Waals surface area contributed by atoms with Gasteiger partial charge < -0.3 is 24.5 Å². The Kier molecular flexibility index (Phi) is 7.42. The summed E-state index contributed by atoms with van der Waals surface area (Å²) >= 11 is 0. The summed E-state index contributed by atoms with van der Waals surface area (Å²) in [5, 5.41) is 5.68. The summed E-state index contributed by atoms with van der Waals surface area (Å²) in [6, 6.07) is 16.8. The molecule has 0 fully saturated rings. The van der Waals surface area contributed by atoms with Crippen molar-refractivity contribution in [2.24, 2.45) is 0 Å². The van der Waals surface area contributed by atoms with Crippen molar-refractivity contribution in [2.75, 3.05) is 23.8 Å². The smallest absolute Gasteiger partial charge is 0.340 e. The summed E-state index contributed by atoms with van der Waals surface area (Å²) in [5.74, 6) is -1.07. The number of hydrogen-bond acceptors (Lipinski definition) is 7. The van der Waals surface area contributed by atoms with Crippen LogP contribution in [-0.4, -0.2) is 31.1 Å². The van der Waals surface area contributed by atoms with Crippen molar-refractivity contribution in [3.8, 4) is 0 Å². The van der Waals surface area contributed by atoms with E-state index in [0.717, 1.165) is 0 Å². The van der Waals surface area contributed by atoms with Gasteiger partial charge in [-0.2, -0.15) is 0 Å². The molecular formula is C23H22N2O6. The monoisotopic (exact) mass is 422 g/mol.